The smallest absolute Gasteiger partial charge is 0.331 e. The Morgan fingerprint density at radius 3 is 2.38 bits per heavy atom. The van der Waals surface area contributed by atoms with Crippen LogP contribution in [-0.2, 0) is 19.1 Å². The predicted molar refractivity (Wildman–Crippen MR) is 63.9 cm³/mol. The molecule has 0 aromatic heterocycles. The first-order chi connectivity index (χ1) is 7.49. The number of esters is 2. The molecule has 5 heteroatoms. The van der Waals surface area contributed by atoms with Gasteiger partial charge in [-0.1, -0.05) is 28.6 Å². The summed E-state index contributed by atoms with van der Waals surface area (Å²) in [4.78, 5) is 21.8. The molecule has 16 heavy (non-hydrogen) atoms. The van der Waals surface area contributed by atoms with Gasteiger partial charge in [0, 0.05) is 16.6 Å². The fourth-order valence-corrected chi connectivity index (χ4v) is 1.13. The zero-order valence-corrected chi connectivity index (χ0v) is 10.7. The van der Waals surface area contributed by atoms with Crippen LogP contribution in [0.1, 0.15) is 6.92 Å². The van der Waals surface area contributed by atoms with E-state index in [2.05, 4.69) is 27.2 Å². The number of ether oxygens (including phenoxy) is 2. The summed E-state index contributed by atoms with van der Waals surface area (Å²) < 4.78 is 9.98. The second-order valence-corrected chi connectivity index (χ2v) is 3.67. The monoisotopic (exact) mass is 288 g/mol. The standard InChI is InChI=1S/C11H13BrO4/c1-4-9(12)7-8(2)16-11(14)6-5-10(13)15-3/h4-8H,1H2,2-3H3/b6-5-,9-7-/t8-/m0/s1. The molecule has 0 saturated heterocycles. The van der Waals surface area contributed by atoms with Gasteiger partial charge >= 0.3 is 11.9 Å². The summed E-state index contributed by atoms with van der Waals surface area (Å²) in [5.41, 5.74) is 0. The predicted octanol–water partition coefficient (Wildman–Crippen LogP) is 2.11. The summed E-state index contributed by atoms with van der Waals surface area (Å²) in [6.07, 6.45) is 4.84. The average Bonchev–Trinajstić information content (AvgIpc) is 2.25. The third-order valence-corrected chi connectivity index (χ3v) is 2.04. The molecular formula is C11H13BrO4. The van der Waals surface area contributed by atoms with E-state index in [4.69, 9.17) is 4.74 Å². The van der Waals surface area contributed by atoms with Crippen LogP contribution in [0.3, 0.4) is 0 Å². The normalized spacial score (nSPS) is 13.3. The minimum Gasteiger partial charge on any atom is -0.466 e. The molecule has 0 bridgehead atoms. The number of allylic oxidation sites excluding steroid dienone is 2. The number of methoxy groups -OCH3 is 1. The van der Waals surface area contributed by atoms with Gasteiger partial charge in [-0.05, 0) is 13.0 Å². The largest absolute Gasteiger partial charge is 0.466 e. The Bertz CT molecular complexity index is 331. The Kier molecular flexibility index (Phi) is 7.20. The highest BCUT2D eigenvalue weighted by molar-refractivity contribution is 9.11. The van der Waals surface area contributed by atoms with E-state index in [-0.39, 0.29) is 0 Å². The van der Waals surface area contributed by atoms with E-state index in [9.17, 15) is 9.59 Å². The average molecular weight is 289 g/mol. The van der Waals surface area contributed by atoms with Crippen molar-refractivity contribution < 1.29 is 19.1 Å². The molecule has 0 heterocycles. The lowest BCUT2D eigenvalue weighted by Gasteiger charge is -2.06. The van der Waals surface area contributed by atoms with Crippen molar-refractivity contribution in [3.8, 4) is 0 Å². The molecule has 0 aliphatic carbocycles. The summed E-state index contributed by atoms with van der Waals surface area (Å²) >= 11 is 3.20. The molecule has 1 atom stereocenters. The van der Waals surface area contributed by atoms with Gasteiger partial charge in [0.05, 0.1) is 7.11 Å². The van der Waals surface area contributed by atoms with Gasteiger partial charge in [0.15, 0.2) is 0 Å². The molecule has 4 nitrogen and oxygen atoms in total. The molecule has 0 fully saturated rings. The fourth-order valence-electron chi connectivity index (χ4n) is 0.753. The number of rotatable bonds is 5. The second-order valence-electron chi connectivity index (χ2n) is 2.75. The van der Waals surface area contributed by atoms with Crippen molar-refractivity contribution >= 4 is 27.9 Å². The molecule has 0 radical (unpaired) electrons. The maximum atomic E-state index is 11.2. The molecule has 0 aromatic rings. The molecule has 0 N–H and O–H groups in total. The van der Waals surface area contributed by atoms with Crippen molar-refractivity contribution in [1.82, 2.24) is 0 Å². The lowest BCUT2D eigenvalue weighted by molar-refractivity contribution is -0.141. The third-order valence-electron chi connectivity index (χ3n) is 1.45. The zero-order valence-electron chi connectivity index (χ0n) is 9.10. The molecular weight excluding hydrogens is 276 g/mol. The first-order valence-corrected chi connectivity index (χ1v) is 5.25. The van der Waals surface area contributed by atoms with Crippen LogP contribution in [0.25, 0.3) is 0 Å². The SMILES string of the molecule is C=C/C(Br)=C/[C@H](C)OC(=O)/C=C\C(=O)OC. The van der Waals surface area contributed by atoms with Gasteiger partial charge in [-0.25, -0.2) is 9.59 Å². The summed E-state index contributed by atoms with van der Waals surface area (Å²) in [6, 6.07) is 0. The number of hydrogen-bond acceptors (Lipinski definition) is 4. The van der Waals surface area contributed by atoms with E-state index in [1.165, 1.54) is 7.11 Å². The lowest BCUT2D eigenvalue weighted by atomic mass is 10.3. The Labute approximate surface area is 103 Å². The van der Waals surface area contributed by atoms with Crippen LogP contribution in [-0.4, -0.2) is 25.2 Å². The molecule has 0 aromatic carbocycles. The van der Waals surface area contributed by atoms with Crippen molar-refractivity contribution in [3.05, 3.63) is 35.4 Å². The van der Waals surface area contributed by atoms with Crippen LogP contribution >= 0.6 is 15.9 Å². The minimum absolute atomic E-state index is 0.415. The minimum atomic E-state index is -0.612. The van der Waals surface area contributed by atoms with Crippen LogP contribution in [0.5, 0.6) is 0 Å². The van der Waals surface area contributed by atoms with Gasteiger partial charge in [-0.3, -0.25) is 0 Å². The van der Waals surface area contributed by atoms with Gasteiger partial charge in [0.2, 0.25) is 0 Å². The molecule has 0 unspecified atom stereocenters. The molecule has 0 rings (SSSR count). The van der Waals surface area contributed by atoms with E-state index in [1.54, 1.807) is 19.1 Å². The summed E-state index contributed by atoms with van der Waals surface area (Å²) in [6.45, 7) is 5.22. The van der Waals surface area contributed by atoms with E-state index in [1.807, 2.05) is 0 Å². The first-order valence-electron chi connectivity index (χ1n) is 4.46. The van der Waals surface area contributed by atoms with Crippen molar-refractivity contribution in [2.45, 2.75) is 13.0 Å². The summed E-state index contributed by atoms with van der Waals surface area (Å²) in [5.74, 6) is -1.22. The van der Waals surface area contributed by atoms with Crippen molar-refractivity contribution in [2.75, 3.05) is 7.11 Å². The van der Waals surface area contributed by atoms with Crippen LogP contribution in [0.4, 0.5) is 0 Å². The molecule has 88 valence electrons. The Morgan fingerprint density at radius 2 is 1.88 bits per heavy atom. The van der Waals surface area contributed by atoms with Crippen molar-refractivity contribution in [1.29, 1.82) is 0 Å². The number of carbonyl (C=O) groups excluding carboxylic acids is 2. The highest BCUT2D eigenvalue weighted by Gasteiger charge is 2.04. The zero-order chi connectivity index (χ0) is 12.6. The lowest BCUT2D eigenvalue weighted by Crippen LogP contribution is -2.11. The van der Waals surface area contributed by atoms with E-state index in [0.717, 1.165) is 16.6 Å². The maximum Gasteiger partial charge on any atom is 0.331 e. The third kappa shape index (κ3) is 7.00. The van der Waals surface area contributed by atoms with Crippen LogP contribution < -0.4 is 0 Å². The van der Waals surface area contributed by atoms with Gasteiger partial charge < -0.3 is 9.47 Å². The van der Waals surface area contributed by atoms with E-state index in [0.29, 0.717) is 0 Å². The Balaban J connectivity index is 4.20. The molecule has 0 spiro atoms. The first kappa shape index (κ1) is 14.6. The van der Waals surface area contributed by atoms with Crippen molar-refractivity contribution in [3.63, 3.8) is 0 Å². The Hall–Kier alpha value is -1.36. The molecule has 0 amide bonds. The number of halogens is 1. The molecule has 0 saturated carbocycles. The highest BCUT2D eigenvalue weighted by Crippen LogP contribution is 2.08. The van der Waals surface area contributed by atoms with Gasteiger partial charge in [-0.15, -0.1) is 0 Å². The van der Waals surface area contributed by atoms with Crippen LogP contribution in [0.2, 0.25) is 0 Å². The van der Waals surface area contributed by atoms with Crippen LogP contribution in [0, 0.1) is 0 Å². The summed E-state index contributed by atoms with van der Waals surface area (Å²) in [5, 5.41) is 0. The van der Waals surface area contributed by atoms with Gasteiger partial charge in [0.25, 0.3) is 0 Å². The maximum absolute atomic E-state index is 11.2. The number of carbonyl (C=O) groups is 2. The number of hydrogen-bond donors (Lipinski definition) is 0. The van der Waals surface area contributed by atoms with Crippen LogP contribution in [0.15, 0.2) is 35.4 Å². The Morgan fingerprint density at radius 1 is 1.31 bits per heavy atom. The van der Waals surface area contributed by atoms with E-state index < -0.39 is 18.0 Å². The van der Waals surface area contributed by atoms with Gasteiger partial charge in [-0.2, -0.15) is 0 Å². The summed E-state index contributed by atoms with van der Waals surface area (Å²) in [7, 11) is 1.23. The fraction of sp³-hybridized carbons (Fsp3) is 0.273. The quantitative estimate of drug-likeness (QED) is 0.442. The van der Waals surface area contributed by atoms with Crippen molar-refractivity contribution in [2.24, 2.45) is 0 Å². The topological polar surface area (TPSA) is 52.6 Å². The van der Waals surface area contributed by atoms with Gasteiger partial charge in [0.1, 0.15) is 6.10 Å². The molecule has 0 aliphatic heterocycles. The van der Waals surface area contributed by atoms with E-state index >= 15 is 0 Å². The molecule has 0 aliphatic rings. The second kappa shape index (κ2) is 7.87. The highest BCUT2D eigenvalue weighted by atomic mass is 79.9.